The van der Waals surface area contributed by atoms with Crippen LogP contribution in [0.2, 0.25) is 0 Å². The fraction of sp³-hybridized carbons (Fsp3) is 0.316. The lowest BCUT2D eigenvalue weighted by atomic mass is 10.1. The average molecular weight is 362 g/mol. The molecule has 1 heterocycles. The van der Waals surface area contributed by atoms with Crippen molar-refractivity contribution in [1.29, 1.82) is 0 Å². The number of piperazine rings is 1. The molecule has 1 amide bonds. The predicted octanol–water partition coefficient (Wildman–Crippen LogP) is 3.21. The maximum absolute atomic E-state index is 13.3. The van der Waals surface area contributed by atoms with Gasteiger partial charge in [-0.3, -0.25) is 4.90 Å². The summed E-state index contributed by atoms with van der Waals surface area (Å²) < 4.78 is 32.2. The van der Waals surface area contributed by atoms with Crippen molar-refractivity contribution in [3.63, 3.8) is 0 Å². The minimum atomic E-state index is -0.980. The van der Waals surface area contributed by atoms with Crippen molar-refractivity contribution in [2.45, 2.75) is 12.6 Å². The van der Waals surface area contributed by atoms with E-state index in [0.29, 0.717) is 19.6 Å². The van der Waals surface area contributed by atoms with Gasteiger partial charge in [0, 0.05) is 44.4 Å². The first-order valence-corrected chi connectivity index (χ1v) is 8.36. The maximum atomic E-state index is 13.3. The van der Waals surface area contributed by atoms with E-state index in [0.717, 1.165) is 23.8 Å². The molecule has 1 N–H and O–H groups in total. The monoisotopic (exact) mass is 362 g/mol. The largest absolute Gasteiger partial charge is 0.492 e. The lowest BCUT2D eigenvalue weighted by molar-refractivity contribution is 0.0420. The molecule has 0 radical (unpaired) electrons. The van der Waals surface area contributed by atoms with E-state index in [1.165, 1.54) is 4.90 Å². The summed E-state index contributed by atoms with van der Waals surface area (Å²) in [7, 11) is 0. The first-order chi connectivity index (χ1) is 12.5. The SMILES string of the molecule is O=C(O)N1CCN(Cc2ccccc2)[C@H](COc2cc(F)cc(F)c2)C1. The number of hydrogen-bond donors (Lipinski definition) is 1. The molecular formula is C19H20F2N2O3. The Kier molecular flexibility index (Phi) is 5.68. The van der Waals surface area contributed by atoms with Crippen LogP contribution in [-0.2, 0) is 6.54 Å². The Balaban J connectivity index is 1.70. The molecular weight excluding hydrogens is 342 g/mol. The Bertz CT molecular complexity index is 737. The van der Waals surface area contributed by atoms with Crippen molar-refractivity contribution in [2.24, 2.45) is 0 Å². The second-order valence-electron chi connectivity index (χ2n) is 6.25. The fourth-order valence-electron chi connectivity index (χ4n) is 3.06. The molecule has 1 atom stereocenters. The normalized spacial score (nSPS) is 17.9. The van der Waals surface area contributed by atoms with Gasteiger partial charge in [-0.2, -0.15) is 0 Å². The smallest absolute Gasteiger partial charge is 0.407 e. The molecule has 5 nitrogen and oxygen atoms in total. The van der Waals surface area contributed by atoms with Gasteiger partial charge in [-0.25, -0.2) is 13.6 Å². The molecule has 7 heteroatoms. The molecule has 0 aromatic heterocycles. The Hall–Kier alpha value is -2.67. The zero-order chi connectivity index (χ0) is 18.5. The molecule has 26 heavy (non-hydrogen) atoms. The number of nitrogens with zero attached hydrogens (tertiary/aromatic N) is 2. The van der Waals surface area contributed by atoms with Gasteiger partial charge in [0.25, 0.3) is 0 Å². The molecule has 0 saturated carbocycles. The van der Waals surface area contributed by atoms with Crippen LogP contribution in [0.3, 0.4) is 0 Å². The van der Waals surface area contributed by atoms with Gasteiger partial charge in [0.2, 0.25) is 0 Å². The summed E-state index contributed by atoms with van der Waals surface area (Å²) in [6.07, 6.45) is -0.980. The molecule has 0 unspecified atom stereocenters. The van der Waals surface area contributed by atoms with Gasteiger partial charge in [0.1, 0.15) is 24.0 Å². The van der Waals surface area contributed by atoms with Gasteiger partial charge in [0.05, 0.1) is 6.04 Å². The van der Waals surface area contributed by atoms with Crippen LogP contribution in [0.4, 0.5) is 13.6 Å². The summed E-state index contributed by atoms with van der Waals surface area (Å²) in [5.41, 5.74) is 1.11. The quantitative estimate of drug-likeness (QED) is 0.888. The lowest BCUT2D eigenvalue weighted by Crippen LogP contribution is -2.56. The van der Waals surface area contributed by atoms with Crippen LogP contribution in [0.25, 0.3) is 0 Å². The molecule has 1 saturated heterocycles. The molecule has 2 aromatic rings. The fourth-order valence-corrected chi connectivity index (χ4v) is 3.06. The van der Waals surface area contributed by atoms with Crippen LogP contribution in [0.5, 0.6) is 5.75 Å². The third-order valence-corrected chi connectivity index (χ3v) is 4.38. The molecule has 138 valence electrons. The Morgan fingerprint density at radius 1 is 1.12 bits per heavy atom. The van der Waals surface area contributed by atoms with Crippen LogP contribution in [0.1, 0.15) is 5.56 Å². The first kappa shape index (κ1) is 18.1. The predicted molar refractivity (Wildman–Crippen MR) is 92.1 cm³/mol. The van der Waals surface area contributed by atoms with E-state index in [1.807, 2.05) is 30.3 Å². The summed E-state index contributed by atoms with van der Waals surface area (Å²) in [5.74, 6) is -1.33. The molecule has 0 bridgehead atoms. The number of ether oxygens (including phenoxy) is 1. The highest BCUT2D eigenvalue weighted by atomic mass is 19.1. The molecule has 1 aliphatic heterocycles. The van der Waals surface area contributed by atoms with Crippen LogP contribution in [0.15, 0.2) is 48.5 Å². The number of hydrogen-bond acceptors (Lipinski definition) is 3. The van der Waals surface area contributed by atoms with E-state index < -0.39 is 17.7 Å². The summed E-state index contributed by atoms with van der Waals surface area (Å²) >= 11 is 0. The van der Waals surface area contributed by atoms with Gasteiger partial charge in [-0.05, 0) is 5.56 Å². The zero-order valence-electron chi connectivity index (χ0n) is 14.1. The van der Waals surface area contributed by atoms with Gasteiger partial charge in [0.15, 0.2) is 0 Å². The number of carbonyl (C=O) groups is 1. The molecule has 0 aliphatic carbocycles. The Labute approximate surface area is 150 Å². The molecule has 2 aromatic carbocycles. The van der Waals surface area contributed by atoms with Gasteiger partial charge in [-0.15, -0.1) is 0 Å². The van der Waals surface area contributed by atoms with E-state index in [1.54, 1.807) is 0 Å². The number of halogens is 2. The van der Waals surface area contributed by atoms with E-state index >= 15 is 0 Å². The molecule has 0 spiro atoms. The van der Waals surface area contributed by atoms with Crippen molar-refractivity contribution >= 4 is 6.09 Å². The van der Waals surface area contributed by atoms with E-state index in [-0.39, 0.29) is 24.9 Å². The summed E-state index contributed by atoms with van der Waals surface area (Å²) in [5, 5.41) is 9.26. The number of carboxylic acid groups (broad SMARTS) is 1. The highest BCUT2D eigenvalue weighted by Gasteiger charge is 2.30. The van der Waals surface area contributed by atoms with Gasteiger partial charge >= 0.3 is 6.09 Å². The summed E-state index contributed by atoms with van der Waals surface area (Å²) in [6.45, 7) is 2.04. The summed E-state index contributed by atoms with van der Waals surface area (Å²) in [6, 6.07) is 12.6. The molecule has 1 fully saturated rings. The maximum Gasteiger partial charge on any atom is 0.407 e. The highest BCUT2D eigenvalue weighted by Crippen LogP contribution is 2.19. The van der Waals surface area contributed by atoms with Gasteiger partial charge < -0.3 is 14.7 Å². The van der Waals surface area contributed by atoms with E-state index in [9.17, 15) is 18.7 Å². The Morgan fingerprint density at radius 3 is 2.46 bits per heavy atom. The van der Waals surface area contributed by atoms with Crippen LogP contribution in [-0.4, -0.2) is 53.3 Å². The van der Waals surface area contributed by atoms with E-state index in [4.69, 9.17) is 4.74 Å². The van der Waals surface area contributed by atoms with Crippen LogP contribution < -0.4 is 4.74 Å². The van der Waals surface area contributed by atoms with Crippen molar-refractivity contribution in [2.75, 3.05) is 26.2 Å². The first-order valence-electron chi connectivity index (χ1n) is 8.36. The second kappa shape index (κ2) is 8.14. The second-order valence-corrected chi connectivity index (χ2v) is 6.25. The van der Waals surface area contributed by atoms with Crippen molar-refractivity contribution < 1.29 is 23.4 Å². The van der Waals surface area contributed by atoms with Crippen molar-refractivity contribution in [3.05, 3.63) is 65.7 Å². The Morgan fingerprint density at radius 2 is 1.81 bits per heavy atom. The average Bonchev–Trinajstić information content (AvgIpc) is 2.61. The highest BCUT2D eigenvalue weighted by molar-refractivity contribution is 5.65. The van der Waals surface area contributed by atoms with Crippen LogP contribution >= 0.6 is 0 Å². The minimum absolute atomic E-state index is 0.0922. The topological polar surface area (TPSA) is 53.0 Å². The zero-order valence-corrected chi connectivity index (χ0v) is 14.1. The molecule has 3 rings (SSSR count). The van der Waals surface area contributed by atoms with Gasteiger partial charge in [-0.1, -0.05) is 30.3 Å². The number of benzene rings is 2. The summed E-state index contributed by atoms with van der Waals surface area (Å²) in [4.78, 5) is 14.8. The third kappa shape index (κ3) is 4.70. The van der Waals surface area contributed by atoms with Crippen LogP contribution in [0, 0.1) is 11.6 Å². The van der Waals surface area contributed by atoms with Crippen molar-refractivity contribution in [3.8, 4) is 5.75 Å². The standard InChI is InChI=1S/C19H20F2N2O3/c20-15-8-16(21)10-18(9-15)26-13-17-12-23(19(24)25)7-6-22(17)11-14-4-2-1-3-5-14/h1-5,8-10,17H,6-7,11-13H2,(H,24,25)/t17-/m0/s1. The van der Waals surface area contributed by atoms with E-state index in [2.05, 4.69) is 4.90 Å². The third-order valence-electron chi connectivity index (χ3n) is 4.38. The lowest BCUT2D eigenvalue weighted by Gasteiger charge is -2.40. The minimum Gasteiger partial charge on any atom is -0.492 e. The number of amides is 1. The number of rotatable bonds is 5. The molecule has 1 aliphatic rings. The van der Waals surface area contributed by atoms with Crippen molar-refractivity contribution in [1.82, 2.24) is 9.80 Å².